The Kier molecular flexibility index (Phi) is 4.94. The number of carbonyl (C=O) groups is 3. The van der Waals surface area contributed by atoms with Crippen LogP contribution in [0.3, 0.4) is 0 Å². The summed E-state index contributed by atoms with van der Waals surface area (Å²) in [6, 6.07) is 0. The molecule has 168 valence electrons. The normalized spacial score (nSPS) is 49.0. The number of esters is 2. The third kappa shape index (κ3) is 2.76. The van der Waals surface area contributed by atoms with Crippen LogP contribution >= 0.6 is 11.6 Å². The van der Waals surface area contributed by atoms with Crippen LogP contribution < -0.4 is 0 Å². The Bertz CT molecular complexity index is 792. The van der Waals surface area contributed by atoms with Gasteiger partial charge in [0.15, 0.2) is 11.9 Å². The summed E-state index contributed by atoms with van der Waals surface area (Å²) in [6.45, 7) is 11.7. The fourth-order valence-electron chi connectivity index (χ4n) is 8.29. The van der Waals surface area contributed by atoms with Gasteiger partial charge in [-0.2, -0.15) is 0 Å². The van der Waals surface area contributed by atoms with Crippen molar-refractivity contribution in [3.63, 3.8) is 0 Å². The van der Waals surface area contributed by atoms with Gasteiger partial charge in [0.05, 0.1) is 0 Å². The molecule has 0 aromatic rings. The molecule has 0 heterocycles. The molecule has 1 spiro atoms. The lowest BCUT2D eigenvalue weighted by atomic mass is 9.39. The summed E-state index contributed by atoms with van der Waals surface area (Å²) in [7, 11) is 0. The number of hydrogen-bond acceptors (Lipinski definition) is 5. The topological polar surface area (TPSA) is 69.7 Å². The van der Waals surface area contributed by atoms with Gasteiger partial charge in [0.25, 0.3) is 0 Å². The van der Waals surface area contributed by atoms with Crippen molar-refractivity contribution in [3.8, 4) is 0 Å². The zero-order valence-corrected chi connectivity index (χ0v) is 19.8. The van der Waals surface area contributed by atoms with Crippen LogP contribution in [0.1, 0.15) is 80.1 Å². The molecule has 0 radical (unpaired) electrons. The summed E-state index contributed by atoms with van der Waals surface area (Å²) in [5.74, 6) is -0.310. The van der Waals surface area contributed by atoms with Gasteiger partial charge in [-0.25, -0.2) is 0 Å². The summed E-state index contributed by atoms with van der Waals surface area (Å²) in [6.07, 6.45) is 3.83. The quantitative estimate of drug-likeness (QED) is 0.462. The van der Waals surface area contributed by atoms with Gasteiger partial charge in [-0.15, -0.1) is 11.6 Å². The van der Waals surface area contributed by atoms with Gasteiger partial charge in [-0.3, -0.25) is 14.4 Å². The molecule has 4 fully saturated rings. The van der Waals surface area contributed by atoms with E-state index in [2.05, 4.69) is 20.8 Å². The molecule has 0 N–H and O–H groups in total. The van der Waals surface area contributed by atoms with E-state index in [1.165, 1.54) is 13.8 Å². The number of Topliss-reactive ketones (excluding diaryl/α,β-unsaturated/α-hetero) is 1. The highest BCUT2D eigenvalue weighted by Gasteiger charge is 2.75. The Morgan fingerprint density at radius 1 is 0.967 bits per heavy atom. The second kappa shape index (κ2) is 6.70. The summed E-state index contributed by atoms with van der Waals surface area (Å²) in [5, 5.41) is -0.273. The second-order valence-corrected chi connectivity index (χ2v) is 12.1. The van der Waals surface area contributed by atoms with Gasteiger partial charge in [0.1, 0.15) is 6.10 Å². The summed E-state index contributed by atoms with van der Waals surface area (Å²) in [5.41, 5.74) is -1.34. The minimum Gasteiger partial charge on any atom is -0.462 e. The van der Waals surface area contributed by atoms with Crippen molar-refractivity contribution in [2.24, 2.45) is 33.5 Å². The zero-order valence-electron chi connectivity index (χ0n) is 19.0. The highest BCUT2D eigenvalue weighted by molar-refractivity contribution is 6.22. The molecule has 5 nitrogen and oxygen atoms in total. The fourth-order valence-corrected chi connectivity index (χ4v) is 8.66. The molecule has 4 saturated carbocycles. The molecule has 8 atom stereocenters. The van der Waals surface area contributed by atoms with Crippen LogP contribution in [0.2, 0.25) is 0 Å². The molecule has 30 heavy (non-hydrogen) atoms. The van der Waals surface area contributed by atoms with Gasteiger partial charge in [0.2, 0.25) is 0 Å². The first kappa shape index (κ1) is 22.1. The van der Waals surface area contributed by atoms with E-state index in [-0.39, 0.29) is 40.0 Å². The van der Waals surface area contributed by atoms with Crippen LogP contribution in [0.5, 0.6) is 0 Å². The number of rotatable bonds is 2. The van der Waals surface area contributed by atoms with Gasteiger partial charge in [0, 0.05) is 35.5 Å². The maximum absolute atomic E-state index is 13.9. The second-order valence-electron chi connectivity index (χ2n) is 11.5. The average Bonchev–Trinajstić information content (AvgIpc) is 2.79. The average molecular weight is 439 g/mol. The summed E-state index contributed by atoms with van der Waals surface area (Å²) >= 11 is 6.98. The van der Waals surface area contributed by atoms with E-state index in [4.69, 9.17) is 21.1 Å². The molecule has 4 aliphatic rings. The Labute approximate surface area is 184 Å². The van der Waals surface area contributed by atoms with Crippen molar-refractivity contribution in [1.82, 2.24) is 0 Å². The third-order valence-electron chi connectivity index (χ3n) is 9.51. The summed E-state index contributed by atoms with van der Waals surface area (Å²) < 4.78 is 11.5. The lowest BCUT2D eigenvalue weighted by molar-refractivity contribution is -0.214. The molecule has 0 aromatic heterocycles. The van der Waals surface area contributed by atoms with E-state index in [0.717, 1.165) is 25.7 Å². The van der Waals surface area contributed by atoms with Crippen molar-refractivity contribution in [2.75, 3.05) is 0 Å². The van der Waals surface area contributed by atoms with Crippen molar-refractivity contribution in [1.29, 1.82) is 0 Å². The highest BCUT2D eigenvalue weighted by atomic mass is 35.5. The van der Waals surface area contributed by atoms with Crippen LogP contribution in [0, 0.1) is 33.5 Å². The number of carbonyl (C=O) groups excluding carboxylic acids is 3. The molecule has 0 aliphatic heterocycles. The maximum Gasteiger partial charge on any atom is 0.303 e. The van der Waals surface area contributed by atoms with E-state index >= 15 is 0 Å². The molecular formula is C24H35ClO5. The molecule has 4 rings (SSSR count). The molecule has 4 aliphatic carbocycles. The van der Waals surface area contributed by atoms with Crippen LogP contribution in [0.15, 0.2) is 0 Å². The lowest BCUT2D eigenvalue weighted by Crippen LogP contribution is -2.64. The Balaban J connectivity index is 1.83. The van der Waals surface area contributed by atoms with E-state index in [9.17, 15) is 14.4 Å². The molecule has 6 heteroatoms. The van der Waals surface area contributed by atoms with Gasteiger partial charge in [-0.1, -0.05) is 27.7 Å². The number of alkyl halides is 1. The largest absolute Gasteiger partial charge is 0.462 e. The molecule has 0 amide bonds. The van der Waals surface area contributed by atoms with E-state index in [1.54, 1.807) is 0 Å². The van der Waals surface area contributed by atoms with Crippen molar-refractivity contribution in [3.05, 3.63) is 0 Å². The Morgan fingerprint density at radius 2 is 1.60 bits per heavy atom. The van der Waals surface area contributed by atoms with E-state index < -0.39 is 22.9 Å². The van der Waals surface area contributed by atoms with Crippen molar-refractivity contribution < 1.29 is 23.9 Å². The van der Waals surface area contributed by atoms with Gasteiger partial charge < -0.3 is 9.47 Å². The Morgan fingerprint density at radius 3 is 2.20 bits per heavy atom. The Hall–Kier alpha value is -1.10. The number of hydrogen-bond donors (Lipinski definition) is 0. The highest BCUT2D eigenvalue weighted by Crippen LogP contribution is 2.73. The SMILES string of the molecule is CC(=O)O[C@H]1CCC(C)(C)C2CC[C@]34C[C@](C)([C@H](Cl)CC3[C@@]21C)[C@H](OC(C)=O)C4=O. The van der Waals surface area contributed by atoms with Crippen molar-refractivity contribution in [2.45, 2.75) is 97.7 Å². The summed E-state index contributed by atoms with van der Waals surface area (Å²) in [4.78, 5) is 37.7. The van der Waals surface area contributed by atoms with Crippen LogP contribution in [-0.2, 0) is 23.9 Å². The standard InChI is InChI=1S/C24H35ClO5/c1-13(26)29-18-8-9-21(3,4)15-7-10-24-12-22(5,20(19(24)28)30-14(2)27)17(25)11-16(24)23(15,18)6/h15-18,20H,7-12H2,1-6H3/t15?,16?,17-,18+,20-,22-,23-,24+/m1/s1. The molecular weight excluding hydrogens is 404 g/mol. The number of ether oxygens (including phenoxy) is 2. The number of fused-ring (bicyclic) bond motifs is 3. The van der Waals surface area contributed by atoms with E-state index in [1.807, 2.05) is 6.92 Å². The van der Waals surface area contributed by atoms with Gasteiger partial charge >= 0.3 is 11.9 Å². The predicted octanol–water partition coefficient (Wildman–Crippen LogP) is 4.68. The maximum atomic E-state index is 13.9. The number of ketones is 1. The minimum absolute atomic E-state index is 0.0105. The fraction of sp³-hybridized carbons (Fsp3) is 0.875. The van der Waals surface area contributed by atoms with Crippen LogP contribution in [0.4, 0.5) is 0 Å². The number of halogens is 1. The smallest absolute Gasteiger partial charge is 0.303 e. The first-order valence-corrected chi connectivity index (χ1v) is 11.8. The molecule has 0 saturated heterocycles. The van der Waals surface area contributed by atoms with Crippen molar-refractivity contribution >= 4 is 29.3 Å². The minimum atomic E-state index is -0.786. The van der Waals surface area contributed by atoms with E-state index in [0.29, 0.717) is 18.8 Å². The predicted molar refractivity (Wildman–Crippen MR) is 113 cm³/mol. The first-order chi connectivity index (χ1) is 13.8. The van der Waals surface area contributed by atoms with Gasteiger partial charge in [-0.05, 0) is 55.8 Å². The zero-order chi connectivity index (χ0) is 22.3. The molecule has 2 bridgehead atoms. The van der Waals surface area contributed by atoms with Crippen LogP contribution in [0.25, 0.3) is 0 Å². The third-order valence-corrected chi connectivity index (χ3v) is 10.2. The molecule has 0 aromatic carbocycles. The monoisotopic (exact) mass is 438 g/mol. The molecule has 2 unspecified atom stereocenters. The first-order valence-electron chi connectivity index (χ1n) is 11.3. The van der Waals surface area contributed by atoms with Crippen LogP contribution in [-0.4, -0.2) is 35.3 Å². The lowest BCUT2D eigenvalue weighted by Gasteiger charge is -2.65.